The molecule has 2 fully saturated rings. The highest BCUT2D eigenvalue weighted by Crippen LogP contribution is 2.45. The Hall–Kier alpha value is -2.82. The van der Waals surface area contributed by atoms with Gasteiger partial charge in [0.05, 0.1) is 13.0 Å². The summed E-state index contributed by atoms with van der Waals surface area (Å²) in [5, 5.41) is 0. The minimum atomic E-state index is -0.534. The average molecular weight is 465 g/mol. The zero-order valence-corrected chi connectivity index (χ0v) is 20.9. The third-order valence-corrected chi connectivity index (χ3v) is 7.23. The molecule has 0 amide bonds. The second-order valence-electron chi connectivity index (χ2n) is 9.80. The predicted molar refractivity (Wildman–Crippen MR) is 133 cm³/mol. The highest BCUT2D eigenvalue weighted by atomic mass is 16.6. The maximum absolute atomic E-state index is 12.8. The Morgan fingerprint density at radius 2 is 1.76 bits per heavy atom. The Morgan fingerprint density at radius 1 is 1.03 bits per heavy atom. The van der Waals surface area contributed by atoms with Gasteiger partial charge in [-0.2, -0.15) is 0 Å². The van der Waals surface area contributed by atoms with E-state index in [2.05, 4.69) is 13.0 Å². The smallest absolute Gasteiger partial charge is 0.309 e. The van der Waals surface area contributed by atoms with Crippen LogP contribution in [0.3, 0.4) is 0 Å². The van der Waals surface area contributed by atoms with Crippen LogP contribution in [0.1, 0.15) is 80.3 Å². The van der Waals surface area contributed by atoms with E-state index >= 15 is 0 Å². The number of Topliss-reactive ketones (excluding diaryl/α,β-unsaturated/α-hetero) is 1. The van der Waals surface area contributed by atoms with Gasteiger partial charge < -0.3 is 14.2 Å². The molecule has 0 N–H and O–H groups in total. The van der Waals surface area contributed by atoms with E-state index in [0.29, 0.717) is 18.1 Å². The monoisotopic (exact) mass is 464 g/mol. The molecule has 2 aliphatic carbocycles. The van der Waals surface area contributed by atoms with Crippen LogP contribution < -0.4 is 9.47 Å². The van der Waals surface area contributed by atoms with E-state index in [-0.39, 0.29) is 17.7 Å². The number of ether oxygens (including phenoxy) is 3. The first-order valence-corrected chi connectivity index (χ1v) is 12.5. The number of carbonyl (C=O) groups excluding carboxylic acids is 2. The Kier molecular flexibility index (Phi) is 7.30. The van der Waals surface area contributed by atoms with E-state index in [4.69, 9.17) is 14.2 Å². The lowest BCUT2D eigenvalue weighted by Gasteiger charge is -2.25. The maximum Gasteiger partial charge on any atom is 0.309 e. The number of ketones is 1. The fourth-order valence-corrected chi connectivity index (χ4v) is 4.94. The zero-order chi connectivity index (χ0) is 24.3. The first-order chi connectivity index (χ1) is 16.4. The Bertz CT molecular complexity index is 1060. The molecule has 0 atom stereocenters. The molecule has 0 saturated heterocycles. The molecule has 2 saturated carbocycles. The van der Waals surface area contributed by atoms with E-state index in [1.807, 2.05) is 31.2 Å². The summed E-state index contributed by atoms with van der Waals surface area (Å²) in [6.07, 6.45) is 7.70. The average Bonchev–Trinajstić information content (AvgIpc) is 3.62. The Balaban J connectivity index is 1.59. The molecule has 0 aliphatic heterocycles. The van der Waals surface area contributed by atoms with E-state index in [1.54, 1.807) is 14.0 Å². The quantitative estimate of drug-likeness (QED) is 0.314. The molecule has 34 heavy (non-hydrogen) atoms. The zero-order valence-electron chi connectivity index (χ0n) is 20.9. The molecule has 2 aromatic carbocycles. The Labute approximate surface area is 202 Å². The second kappa shape index (κ2) is 10.2. The first kappa shape index (κ1) is 24.3. The molecule has 0 radical (unpaired) electrons. The van der Waals surface area contributed by atoms with E-state index < -0.39 is 5.60 Å². The molecule has 0 aromatic heterocycles. The van der Waals surface area contributed by atoms with Gasteiger partial charge in [0.2, 0.25) is 0 Å². The minimum Gasteiger partial charge on any atom is -0.493 e. The lowest BCUT2D eigenvalue weighted by Crippen LogP contribution is -2.31. The van der Waals surface area contributed by atoms with Gasteiger partial charge in [-0.1, -0.05) is 56.5 Å². The number of hydrogen-bond acceptors (Lipinski definition) is 5. The summed E-state index contributed by atoms with van der Waals surface area (Å²) in [6.45, 7) is 5.95. The fourth-order valence-electron chi connectivity index (χ4n) is 4.94. The molecule has 0 unspecified atom stereocenters. The maximum atomic E-state index is 12.8. The topological polar surface area (TPSA) is 61.8 Å². The van der Waals surface area contributed by atoms with Crippen molar-refractivity contribution in [2.75, 3.05) is 13.7 Å². The van der Waals surface area contributed by atoms with Crippen molar-refractivity contribution in [3.63, 3.8) is 0 Å². The minimum absolute atomic E-state index is 0.0301. The van der Waals surface area contributed by atoms with Crippen LogP contribution in [0.5, 0.6) is 11.5 Å². The third kappa shape index (κ3) is 5.13. The summed E-state index contributed by atoms with van der Waals surface area (Å²) < 4.78 is 18.1. The van der Waals surface area contributed by atoms with Gasteiger partial charge in [0, 0.05) is 11.1 Å². The van der Waals surface area contributed by atoms with Crippen LogP contribution in [-0.4, -0.2) is 31.1 Å². The van der Waals surface area contributed by atoms with Gasteiger partial charge >= 0.3 is 5.97 Å². The van der Waals surface area contributed by atoms with Crippen LogP contribution in [0.4, 0.5) is 0 Å². The summed E-state index contributed by atoms with van der Waals surface area (Å²) in [4.78, 5) is 24.8. The van der Waals surface area contributed by atoms with Crippen molar-refractivity contribution in [2.24, 2.45) is 5.92 Å². The fraction of sp³-hybridized carbons (Fsp3) is 0.517. The SMILES string of the molecule is CCc1cc(-c2ccc(C)c(OC)c2OCC2(OC(=O)C3CCCCC3)CC2)ccc1C(C)=O. The van der Waals surface area contributed by atoms with Gasteiger partial charge in [-0.05, 0) is 62.6 Å². The molecule has 5 nitrogen and oxygen atoms in total. The molecule has 5 heteroatoms. The second-order valence-corrected chi connectivity index (χ2v) is 9.80. The number of carbonyl (C=O) groups is 2. The standard InChI is InChI=1S/C29H36O5/c1-5-21-17-23(12-14-24(21)20(3)30)25-13-11-19(2)26(32-4)27(25)33-18-29(15-16-29)34-28(31)22-9-7-6-8-10-22/h11-14,17,22H,5-10,15-16,18H2,1-4H3. The van der Waals surface area contributed by atoms with Crippen molar-refractivity contribution >= 4 is 11.8 Å². The van der Waals surface area contributed by atoms with Gasteiger partial charge in [0.1, 0.15) is 12.2 Å². The number of methoxy groups -OCH3 is 1. The summed E-state index contributed by atoms with van der Waals surface area (Å²) in [5.41, 5.74) is 4.07. The van der Waals surface area contributed by atoms with E-state index in [9.17, 15) is 9.59 Å². The highest BCUT2D eigenvalue weighted by Gasteiger charge is 2.49. The van der Waals surface area contributed by atoms with E-state index in [0.717, 1.165) is 72.8 Å². The molecule has 2 aliphatic rings. The summed E-state index contributed by atoms with van der Waals surface area (Å²) >= 11 is 0. The lowest BCUT2D eigenvalue weighted by molar-refractivity contribution is -0.159. The number of benzene rings is 2. The van der Waals surface area contributed by atoms with E-state index in [1.165, 1.54) is 6.42 Å². The lowest BCUT2D eigenvalue weighted by atomic mass is 9.89. The van der Waals surface area contributed by atoms with Gasteiger partial charge in [-0.25, -0.2) is 0 Å². The van der Waals surface area contributed by atoms with Crippen LogP contribution in [0.25, 0.3) is 11.1 Å². The summed E-state index contributed by atoms with van der Waals surface area (Å²) in [5.74, 6) is 1.37. The molecule has 182 valence electrons. The third-order valence-electron chi connectivity index (χ3n) is 7.23. The highest BCUT2D eigenvalue weighted by molar-refractivity contribution is 5.96. The molecule has 2 aromatic rings. The number of rotatable bonds is 9. The molecular weight excluding hydrogens is 428 g/mol. The van der Waals surface area contributed by atoms with Crippen LogP contribution in [-0.2, 0) is 16.0 Å². The normalized spacial score (nSPS) is 17.2. The largest absolute Gasteiger partial charge is 0.493 e. The molecule has 0 heterocycles. The van der Waals surface area contributed by atoms with Crippen LogP contribution in [0, 0.1) is 12.8 Å². The van der Waals surface area contributed by atoms with Crippen molar-refractivity contribution in [2.45, 2.75) is 77.7 Å². The van der Waals surface area contributed by atoms with Crippen molar-refractivity contribution < 1.29 is 23.8 Å². The molecule has 0 bridgehead atoms. The molecular formula is C29H36O5. The summed E-state index contributed by atoms with van der Waals surface area (Å²) in [7, 11) is 1.64. The first-order valence-electron chi connectivity index (χ1n) is 12.5. The van der Waals surface area contributed by atoms with Crippen LogP contribution in [0.2, 0.25) is 0 Å². The van der Waals surface area contributed by atoms with Gasteiger partial charge in [-0.3, -0.25) is 9.59 Å². The van der Waals surface area contributed by atoms with Gasteiger partial charge in [-0.15, -0.1) is 0 Å². The Morgan fingerprint density at radius 3 is 2.38 bits per heavy atom. The number of esters is 1. The van der Waals surface area contributed by atoms with Gasteiger partial charge in [0.15, 0.2) is 17.3 Å². The van der Waals surface area contributed by atoms with Crippen LogP contribution >= 0.6 is 0 Å². The molecule has 4 rings (SSSR count). The van der Waals surface area contributed by atoms with Crippen molar-refractivity contribution in [3.05, 3.63) is 47.0 Å². The number of hydrogen-bond donors (Lipinski definition) is 0. The van der Waals surface area contributed by atoms with Crippen LogP contribution in [0.15, 0.2) is 30.3 Å². The van der Waals surface area contributed by atoms with Crippen molar-refractivity contribution in [1.29, 1.82) is 0 Å². The van der Waals surface area contributed by atoms with Crippen molar-refractivity contribution in [3.8, 4) is 22.6 Å². The molecule has 0 spiro atoms. The van der Waals surface area contributed by atoms with Crippen molar-refractivity contribution in [1.82, 2.24) is 0 Å². The number of aryl methyl sites for hydroxylation is 2. The van der Waals surface area contributed by atoms with Gasteiger partial charge in [0.25, 0.3) is 0 Å². The summed E-state index contributed by atoms with van der Waals surface area (Å²) in [6, 6.07) is 9.96. The predicted octanol–water partition coefficient (Wildman–Crippen LogP) is 6.47.